The molecule has 3 heteroatoms. The number of nitrogens with zero attached hydrogens (tertiary/aromatic N) is 2. The number of para-hydroxylation sites is 4. The molecule has 9 aromatic carbocycles. The van der Waals surface area contributed by atoms with Crippen molar-refractivity contribution in [3.05, 3.63) is 218 Å². The molecule has 2 aromatic heterocycles. The van der Waals surface area contributed by atoms with E-state index in [2.05, 4.69) is 155 Å². The summed E-state index contributed by atoms with van der Waals surface area (Å²) in [5.74, 6) is 0. The second-order valence-corrected chi connectivity index (χ2v) is 14.4. The van der Waals surface area contributed by atoms with Crippen LogP contribution in [-0.2, 0) is 0 Å². The van der Waals surface area contributed by atoms with Crippen LogP contribution in [0.25, 0.3) is 82.8 Å². The number of rotatable bonds is 7. The molecule has 0 amide bonds. The van der Waals surface area contributed by atoms with E-state index in [1.54, 1.807) is 0 Å². The monoisotopic (exact) mass is 730 g/mol. The van der Waals surface area contributed by atoms with Gasteiger partial charge in [0.15, 0.2) is 0 Å². The topological polar surface area (TPSA) is 21.3 Å². The SMILES string of the molecule is [2H]c1cc(N(c2ccc(-c3ccccc3)cc2)c2ccc3c(c2)oc2ccccc23)cc([2H])c1-c1ccc(-c2ccccc2-n2c3ccccc3c3ccccc32)cc1. The minimum atomic E-state index is 0.279. The first kappa shape index (κ1) is 30.7. The largest absolute Gasteiger partial charge is 0.456 e. The lowest BCUT2D eigenvalue weighted by Crippen LogP contribution is -2.09. The van der Waals surface area contributed by atoms with Crippen molar-refractivity contribution >= 4 is 60.8 Å². The summed E-state index contributed by atoms with van der Waals surface area (Å²) < 4.78 is 27.5. The Labute approximate surface area is 333 Å². The quantitative estimate of drug-likeness (QED) is 0.163. The molecule has 268 valence electrons. The zero-order valence-corrected chi connectivity index (χ0v) is 30.9. The Bertz CT molecular complexity index is 3270. The van der Waals surface area contributed by atoms with Gasteiger partial charge in [-0.05, 0) is 88.5 Å². The smallest absolute Gasteiger partial charge is 0.137 e. The van der Waals surface area contributed by atoms with Gasteiger partial charge in [0, 0.05) is 50.2 Å². The summed E-state index contributed by atoms with van der Waals surface area (Å²) in [6.45, 7) is 0. The Balaban J connectivity index is 0.985. The van der Waals surface area contributed by atoms with Gasteiger partial charge in [-0.25, -0.2) is 0 Å². The normalized spacial score (nSPS) is 12.0. The van der Waals surface area contributed by atoms with Crippen molar-refractivity contribution in [3.63, 3.8) is 0 Å². The average Bonchev–Trinajstić information content (AvgIpc) is 3.83. The maximum atomic E-state index is 9.39. The molecule has 3 nitrogen and oxygen atoms in total. The number of anilines is 3. The van der Waals surface area contributed by atoms with Crippen molar-refractivity contribution in [3.8, 4) is 39.1 Å². The van der Waals surface area contributed by atoms with E-state index in [4.69, 9.17) is 4.42 Å². The Morgan fingerprint density at radius 1 is 0.368 bits per heavy atom. The third kappa shape index (κ3) is 5.68. The van der Waals surface area contributed by atoms with Gasteiger partial charge in [0.2, 0.25) is 0 Å². The predicted molar refractivity (Wildman–Crippen MR) is 239 cm³/mol. The van der Waals surface area contributed by atoms with Crippen LogP contribution in [0.15, 0.2) is 223 Å². The summed E-state index contributed by atoms with van der Waals surface area (Å²) in [6.07, 6.45) is 0. The van der Waals surface area contributed by atoms with Gasteiger partial charge in [-0.1, -0.05) is 152 Å². The summed E-state index contributed by atoms with van der Waals surface area (Å²) in [5.41, 5.74) is 13.4. The van der Waals surface area contributed by atoms with Crippen molar-refractivity contribution in [2.24, 2.45) is 0 Å². The van der Waals surface area contributed by atoms with Crippen molar-refractivity contribution < 1.29 is 7.16 Å². The lowest BCUT2D eigenvalue weighted by Gasteiger charge is -2.26. The van der Waals surface area contributed by atoms with Gasteiger partial charge in [0.25, 0.3) is 0 Å². The van der Waals surface area contributed by atoms with Gasteiger partial charge in [-0.15, -0.1) is 0 Å². The van der Waals surface area contributed by atoms with Crippen LogP contribution in [0.4, 0.5) is 17.1 Å². The molecular formula is C54H36N2O. The lowest BCUT2D eigenvalue weighted by atomic mass is 9.98. The molecule has 0 saturated heterocycles. The van der Waals surface area contributed by atoms with Crippen LogP contribution in [-0.4, -0.2) is 4.57 Å². The predicted octanol–water partition coefficient (Wildman–Crippen LogP) is 15.2. The van der Waals surface area contributed by atoms with Crippen LogP contribution in [0.3, 0.4) is 0 Å². The van der Waals surface area contributed by atoms with Gasteiger partial charge >= 0.3 is 0 Å². The second-order valence-electron chi connectivity index (χ2n) is 14.4. The molecule has 0 aliphatic carbocycles. The summed E-state index contributed by atoms with van der Waals surface area (Å²) in [7, 11) is 0. The van der Waals surface area contributed by atoms with E-state index in [0.29, 0.717) is 5.56 Å². The summed E-state index contributed by atoms with van der Waals surface area (Å²) in [6, 6.07) is 71.3. The van der Waals surface area contributed by atoms with E-state index >= 15 is 0 Å². The summed E-state index contributed by atoms with van der Waals surface area (Å²) in [5, 5.41) is 4.56. The third-order valence-electron chi connectivity index (χ3n) is 11.0. The Morgan fingerprint density at radius 2 is 0.877 bits per heavy atom. The molecule has 0 radical (unpaired) electrons. The zero-order chi connectivity index (χ0) is 39.5. The van der Waals surface area contributed by atoms with Crippen molar-refractivity contribution in [1.82, 2.24) is 4.57 Å². The molecule has 0 fully saturated rings. The molecule has 11 aromatic rings. The molecule has 0 atom stereocenters. The highest BCUT2D eigenvalue weighted by atomic mass is 16.3. The second kappa shape index (κ2) is 13.6. The minimum absolute atomic E-state index is 0.279. The van der Waals surface area contributed by atoms with Crippen LogP contribution >= 0.6 is 0 Å². The molecule has 0 unspecified atom stereocenters. The number of fused-ring (bicyclic) bond motifs is 6. The summed E-state index contributed by atoms with van der Waals surface area (Å²) in [4.78, 5) is 2.11. The fourth-order valence-electron chi connectivity index (χ4n) is 8.32. The first-order valence-corrected chi connectivity index (χ1v) is 19.3. The van der Waals surface area contributed by atoms with Crippen LogP contribution in [0.5, 0.6) is 0 Å². The molecule has 2 heterocycles. The van der Waals surface area contributed by atoms with E-state index in [9.17, 15) is 2.74 Å². The van der Waals surface area contributed by atoms with Gasteiger partial charge in [-0.2, -0.15) is 0 Å². The molecule has 11 rings (SSSR count). The van der Waals surface area contributed by atoms with Crippen LogP contribution in [0.2, 0.25) is 0 Å². The van der Waals surface area contributed by atoms with E-state index in [1.165, 1.54) is 10.8 Å². The molecule has 0 spiro atoms. The highest BCUT2D eigenvalue weighted by Gasteiger charge is 2.18. The van der Waals surface area contributed by atoms with Crippen LogP contribution in [0, 0.1) is 0 Å². The Hall–Kier alpha value is -7.62. The third-order valence-corrected chi connectivity index (χ3v) is 11.0. The maximum absolute atomic E-state index is 9.39. The number of hydrogen-bond donors (Lipinski definition) is 0. The molecule has 0 saturated carbocycles. The van der Waals surface area contributed by atoms with Crippen molar-refractivity contribution in [2.45, 2.75) is 0 Å². The number of aromatic nitrogens is 1. The fourth-order valence-corrected chi connectivity index (χ4v) is 8.32. The lowest BCUT2D eigenvalue weighted by molar-refractivity contribution is 0.669. The average molecular weight is 731 g/mol. The molecule has 0 bridgehead atoms. The Kier molecular flexibility index (Phi) is 7.32. The first-order valence-electron chi connectivity index (χ1n) is 20.3. The Morgan fingerprint density at radius 3 is 1.61 bits per heavy atom. The highest BCUT2D eigenvalue weighted by Crippen LogP contribution is 2.41. The first-order chi connectivity index (χ1) is 29.1. The molecule has 0 aliphatic heterocycles. The molecule has 0 N–H and O–H groups in total. The van der Waals surface area contributed by atoms with Gasteiger partial charge < -0.3 is 13.9 Å². The van der Waals surface area contributed by atoms with E-state index in [1.807, 2.05) is 60.7 Å². The van der Waals surface area contributed by atoms with E-state index < -0.39 is 0 Å². The number of hydrogen-bond acceptors (Lipinski definition) is 2. The fraction of sp³-hybridized carbons (Fsp3) is 0. The number of furan rings is 1. The molecule has 57 heavy (non-hydrogen) atoms. The molecular weight excluding hydrogens is 693 g/mol. The minimum Gasteiger partial charge on any atom is -0.456 e. The van der Waals surface area contributed by atoms with Gasteiger partial charge in [0.1, 0.15) is 11.2 Å². The van der Waals surface area contributed by atoms with Crippen molar-refractivity contribution in [2.75, 3.05) is 4.90 Å². The zero-order valence-electron chi connectivity index (χ0n) is 32.9. The molecule has 0 aliphatic rings. The maximum Gasteiger partial charge on any atom is 0.137 e. The van der Waals surface area contributed by atoms with E-state index in [0.717, 1.165) is 83.5 Å². The highest BCUT2D eigenvalue weighted by molar-refractivity contribution is 6.10. The van der Waals surface area contributed by atoms with Crippen LogP contribution < -0.4 is 4.90 Å². The standard InChI is InChI=1S/C54H36N2O/c1-2-12-37(13-3-1)39-26-30-42(31-27-39)55(44-34-35-49-48-17-7-11-21-53(48)57-54(49)36-44)43-32-28-40(29-33-43)38-22-24-41(25-23-38)45-14-4-8-18-50(45)56-51-19-9-5-15-46(51)47-16-6-10-20-52(47)56/h1-36H/i28D,29D. The summed E-state index contributed by atoms with van der Waals surface area (Å²) >= 11 is 0. The number of benzene rings is 9. The van der Waals surface area contributed by atoms with E-state index in [-0.39, 0.29) is 12.1 Å². The van der Waals surface area contributed by atoms with Gasteiger partial charge in [0.05, 0.1) is 19.5 Å². The van der Waals surface area contributed by atoms with Crippen LogP contribution in [0.1, 0.15) is 2.74 Å². The van der Waals surface area contributed by atoms with Gasteiger partial charge in [-0.3, -0.25) is 0 Å². The van der Waals surface area contributed by atoms with Crippen molar-refractivity contribution in [1.29, 1.82) is 0 Å².